The number of nitrogens with zero attached hydrogens (tertiary/aromatic N) is 1. The topological polar surface area (TPSA) is 15.3 Å². The van der Waals surface area contributed by atoms with Gasteiger partial charge in [0.2, 0.25) is 0 Å². The Bertz CT molecular complexity index is 380. The van der Waals surface area contributed by atoms with Gasteiger partial charge in [0.05, 0.1) is 5.69 Å². The summed E-state index contributed by atoms with van der Waals surface area (Å²) in [4.78, 5) is 2.47. The summed E-state index contributed by atoms with van der Waals surface area (Å²) in [6, 6.07) is 7.04. The standard InChI is InChI=1S/C13H18Br2N2/c1-2-16-11-4-3-7-17(9-11)13-6-5-10(14)8-12(13)15/h5-6,8,11,16H,2-4,7,9H2,1H3. The Labute approximate surface area is 120 Å². The van der Waals surface area contributed by atoms with Gasteiger partial charge in [0.15, 0.2) is 0 Å². The van der Waals surface area contributed by atoms with Crippen LogP contribution in [-0.4, -0.2) is 25.7 Å². The molecule has 1 aliphatic rings. The molecule has 0 aromatic heterocycles. The zero-order valence-corrected chi connectivity index (χ0v) is 13.2. The molecule has 0 aliphatic carbocycles. The van der Waals surface area contributed by atoms with Gasteiger partial charge in [-0.2, -0.15) is 0 Å². The van der Waals surface area contributed by atoms with E-state index in [1.165, 1.54) is 23.0 Å². The van der Waals surface area contributed by atoms with Crippen molar-refractivity contribution in [1.82, 2.24) is 5.32 Å². The number of likely N-dealkylation sites (N-methyl/N-ethyl adjacent to an activating group) is 1. The molecule has 0 spiro atoms. The van der Waals surface area contributed by atoms with Gasteiger partial charge < -0.3 is 10.2 Å². The SMILES string of the molecule is CCNC1CCCN(c2ccc(Br)cc2Br)C1. The summed E-state index contributed by atoms with van der Waals surface area (Å²) in [6.07, 6.45) is 2.55. The fraction of sp³-hybridized carbons (Fsp3) is 0.538. The molecule has 0 amide bonds. The van der Waals surface area contributed by atoms with Crippen LogP contribution in [0.25, 0.3) is 0 Å². The van der Waals surface area contributed by atoms with Crippen molar-refractivity contribution in [3.63, 3.8) is 0 Å². The van der Waals surface area contributed by atoms with Crippen LogP contribution >= 0.6 is 31.9 Å². The Morgan fingerprint density at radius 3 is 2.94 bits per heavy atom. The van der Waals surface area contributed by atoms with Crippen LogP contribution in [0.5, 0.6) is 0 Å². The number of benzene rings is 1. The molecule has 1 N–H and O–H groups in total. The summed E-state index contributed by atoms with van der Waals surface area (Å²) >= 11 is 7.15. The van der Waals surface area contributed by atoms with E-state index in [0.717, 1.165) is 24.1 Å². The second-order valence-electron chi connectivity index (χ2n) is 4.44. The lowest BCUT2D eigenvalue weighted by atomic mass is 10.0. The molecular formula is C13H18Br2N2. The molecule has 1 saturated heterocycles. The molecule has 1 aliphatic heterocycles. The Kier molecular flexibility index (Phi) is 4.88. The number of halogens is 2. The lowest BCUT2D eigenvalue weighted by molar-refractivity contribution is 0.431. The van der Waals surface area contributed by atoms with Crippen molar-refractivity contribution in [2.24, 2.45) is 0 Å². The van der Waals surface area contributed by atoms with Crippen molar-refractivity contribution in [3.05, 3.63) is 27.1 Å². The smallest absolute Gasteiger partial charge is 0.0511 e. The van der Waals surface area contributed by atoms with Crippen LogP contribution < -0.4 is 10.2 Å². The van der Waals surface area contributed by atoms with Crippen molar-refractivity contribution >= 4 is 37.5 Å². The maximum atomic E-state index is 3.65. The van der Waals surface area contributed by atoms with Crippen LogP contribution in [0.3, 0.4) is 0 Å². The van der Waals surface area contributed by atoms with Gasteiger partial charge in [0, 0.05) is 28.1 Å². The quantitative estimate of drug-likeness (QED) is 0.881. The highest BCUT2D eigenvalue weighted by molar-refractivity contribution is 9.11. The molecule has 2 nitrogen and oxygen atoms in total. The van der Waals surface area contributed by atoms with E-state index in [4.69, 9.17) is 0 Å². The average molecular weight is 362 g/mol. The van der Waals surface area contributed by atoms with Gasteiger partial charge in [0.25, 0.3) is 0 Å². The molecule has 2 rings (SSSR count). The van der Waals surface area contributed by atoms with Crippen molar-refractivity contribution in [3.8, 4) is 0 Å². The number of anilines is 1. The van der Waals surface area contributed by atoms with Gasteiger partial charge in [-0.1, -0.05) is 22.9 Å². The number of hydrogen-bond donors (Lipinski definition) is 1. The molecule has 1 aromatic carbocycles. The van der Waals surface area contributed by atoms with Crippen molar-refractivity contribution in [1.29, 1.82) is 0 Å². The van der Waals surface area contributed by atoms with E-state index in [9.17, 15) is 0 Å². The molecule has 0 bridgehead atoms. The van der Waals surface area contributed by atoms with E-state index in [-0.39, 0.29) is 0 Å². The molecule has 1 heterocycles. The average Bonchev–Trinajstić information content (AvgIpc) is 2.29. The third-order valence-electron chi connectivity index (χ3n) is 3.16. The van der Waals surface area contributed by atoms with E-state index >= 15 is 0 Å². The molecule has 0 saturated carbocycles. The first-order valence-corrected chi connectivity index (χ1v) is 7.72. The van der Waals surface area contributed by atoms with Crippen LogP contribution in [0.4, 0.5) is 5.69 Å². The molecule has 1 atom stereocenters. The number of hydrogen-bond acceptors (Lipinski definition) is 2. The Morgan fingerprint density at radius 2 is 2.24 bits per heavy atom. The minimum atomic E-state index is 0.629. The zero-order valence-electron chi connectivity index (χ0n) is 10.0. The normalized spacial score (nSPS) is 20.6. The van der Waals surface area contributed by atoms with Crippen LogP contribution in [0, 0.1) is 0 Å². The predicted octanol–water partition coefficient (Wildman–Crippen LogP) is 3.79. The van der Waals surface area contributed by atoms with Crippen LogP contribution in [0.1, 0.15) is 19.8 Å². The van der Waals surface area contributed by atoms with E-state index in [0.29, 0.717) is 6.04 Å². The molecule has 17 heavy (non-hydrogen) atoms. The predicted molar refractivity (Wildman–Crippen MR) is 80.8 cm³/mol. The third-order valence-corrected chi connectivity index (χ3v) is 4.29. The van der Waals surface area contributed by atoms with Gasteiger partial charge >= 0.3 is 0 Å². The van der Waals surface area contributed by atoms with Crippen LogP contribution in [-0.2, 0) is 0 Å². The van der Waals surface area contributed by atoms with Gasteiger partial charge in [-0.05, 0) is 53.5 Å². The molecule has 94 valence electrons. The number of rotatable bonds is 3. The minimum Gasteiger partial charge on any atom is -0.369 e. The first-order valence-electron chi connectivity index (χ1n) is 6.14. The Balaban J connectivity index is 2.10. The van der Waals surface area contributed by atoms with Crippen molar-refractivity contribution in [2.45, 2.75) is 25.8 Å². The fourth-order valence-electron chi connectivity index (χ4n) is 2.39. The molecule has 0 radical (unpaired) electrons. The van der Waals surface area contributed by atoms with Gasteiger partial charge in [0.1, 0.15) is 0 Å². The minimum absolute atomic E-state index is 0.629. The van der Waals surface area contributed by atoms with E-state index < -0.39 is 0 Å². The second kappa shape index (κ2) is 6.21. The maximum Gasteiger partial charge on any atom is 0.0511 e. The number of nitrogens with one attached hydrogen (secondary N) is 1. The van der Waals surface area contributed by atoms with Crippen LogP contribution in [0.2, 0.25) is 0 Å². The number of piperidine rings is 1. The van der Waals surface area contributed by atoms with Crippen molar-refractivity contribution in [2.75, 3.05) is 24.5 Å². The monoisotopic (exact) mass is 360 g/mol. The lowest BCUT2D eigenvalue weighted by Crippen LogP contribution is -2.45. The highest BCUT2D eigenvalue weighted by atomic mass is 79.9. The first-order chi connectivity index (χ1) is 8.20. The van der Waals surface area contributed by atoms with E-state index in [2.05, 4.69) is 67.2 Å². The summed E-state index contributed by atoms with van der Waals surface area (Å²) in [5.41, 5.74) is 1.30. The Morgan fingerprint density at radius 1 is 1.41 bits per heavy atom. The van der Waals surface area contributed by atoms with Gasteiger partial charge in [-0.25, -0.2) is 0 Å². The highest BCUT2D eigenvalue weighted by Crippen LogP contribution is 2.31. The second-order valence-corrected chi connectivity index (χ2v) is 6.21. The molecular weight excluding hydrogens is 344 g/mol. The van der Waals surface area contributed by atoms with E-state index in [1.54, 1.807) is 0 Å². The largest absolute Gasteiger partial charge is 0.369 e. The van der Waals surface area contributed by atoms with Crippen LogP contribution in [0.15, 0.2) is 27.1 Å². The Hall–Kier alpha value is -0.0600. The summed E-state index contributed by atoms with van der Waals surface area (Å²) in [7, 11) is 0. The molecule has 1 aromatic rings. The van der Waals surface area contributed by atoms with Gasteiger partial charge in [-0.3, -0.25) is 0 Å². The first kappa shape index (κ1) is 13.4. The molecule has 4 heteroatoms. The zero-order chi connectivity index (χ0) is 12.3. The summed E-state index contributed by atoms with van der Waals surface area (Å²) in [5.74, 6) is 0. The molecule has 1 fully saturated rings. The third kappa shape index (κ3) is 3.46. The highest BCUT2D eigenvalue weighted by Gasteiger charge is 2.20. The lowest BCUT2D eigenvalue weighted by Gasteiger charge is -2.35. The van der Waals surface area contributed by atoms with E-state index in [1.807, 2.05) is 0 Å². The summed E-state index contributed by atoms with van der Waals surface area (Å²) in [5, 5.41) is 3.55. The summed E-state index contributed by atoms with van der Waals surface area (Å²) in [6.45, 7) is 5.49. The fourth-order valence-corrected chi connectivity index (χ4v) is 3.69. The maximum absolute atomic E-state index is 3.65. The molecule has 1 unspecified atom stereocenters. The van der Waals surface area contributed by atoms with Crippen molar-refractivity contribution < 1.29 is 0 Å². The van der Waals surface area contributed by atoms with Gasteiger partial charge in [-0.15, -0.1) is 0 Å². The summed E-state index contributed by atoms with van der Waals surface area (Å²) < 4.78 is 2.29.